The molecule has 2 aromatic heterocycles. The van der Waals surface area contributed by atoms with Crippen LogP contribution < -0.4 is 10.5 Å². The summed E-state index contributed by atoms with van der Waals surface area (Å²) in [5.41, 5.74) is 6.99. The number of hydrogen-bond acceptors (Lipinski definition) is 4. The van der Waals surface area contributed by atoms with Crippen LogP contribution in [0.5, 0.6) is 5.88 Å². The maximum absolute atomic E-state index is 6.13. The Morgan fingerprint density at radius 1 is 1.59 bits per heavy atom. The highest BCUT2D eigenvalue weighted by Gasteiger charge is 2.14. The van der Waals surface area contributed by atoms with E-state index in [1.807, 2.05) is 13.1 Å². The topological polar surface area (TPSA) is 53.1 Å². The molecule has 0 fully saturated rings. The van der Waals surface area contributed by atoms with Gasteiger partial charge in [-0.1, -0.05) is 0 Å². The Labute approximate surface area is 113 Å². The molecule has 2 heterocycles. The number of halogens is 1. The van der Waals surface area contributed by atoms with Crippen LogP contribution in [0.25, 0.3) is 0 Å². The number of nitrogens with zero attached hydrogens (tertiary/aromatic N) is 2. The standard InChI is InChI=1S/C11H14BrN3OS/c1-15-11(16-2)5-10(14-15)9(13)4-8-3-7(12)6-17-8/h3,5-6,9H,4,13H2,1-2H3. The van der Waals surface area contributed by atoms with Crippen molar-refractivity contribution in [3.8, 4) is 5.88 Å². The number of thiophene rings is 1. The van der Waals surface area contributed by atoms with Crippen molar-refractivity contribution in [2.75, 3.05) is 7.11 Å². The second kappa shape index (κ2) is 5.20. The first-order valence-electron chi connectivity index (χ1n) is 5.16. The van der Waals surface area contributed by atoms with Gasteiger partial charge in [-0.25, -0.2) is 4.68 Å². The fourth-order valence-electron chi connectivity index (χ4n) is 1.63. The van der Waals surface area contributed by atoms with Crippen LogP contribution in [0.4, 0.5) is 0 Å². The average Bonchev–Trinajstić information content (AvgIpc) is 2.85. The molecule has 0 aliphatic rings. The highest BCUT2D eigenvalue weighted by atomic mass is 79.9. The lowest BCUT2D eigenvalue weighted by Gasteiger charge is -2.05. The molecule has 0 amide bonds. The summed E-state index contributed by atoms with van der Waals surface area (Å²) in [4.78, 5) is 1.24. The summed E-state index contributed by atoms with van der Waals surface area (Å²) in [6, 6.07) is 3.87. The third-order valence-corrected chi connectivity index (χ3v) is 4.21. The van der Waals surface area contributed by atoms with E-state index in [9.17, 15) is 0 Å². The molecule has 2 aromatic rings. The van der Waals surface area contributed by atoms with E-state index in [0.29, 0.717) is 0 Å². The Bertz CT molecular complexity index is 509. The van der Waals surface area contributed by atoms with Crippen molar-refractivity contribution < 1.29 is 4.74 Å². The molecule has 1 unspecified atom stereocenters. The van der Waals surface area contributed by atoms with Gasteiger partial charge in [-0.05, 0) is 22.0 Å². The summed E-state index contributed by atoms with van der Waals surface area (Å²) in [6.07, 6.45) is 0.788. The molecule has 0 aliphatic heterocycles. The van der Waals surface area contributed by atoms with Gasteiger partial charge < -0.3 is 10.5 Å². The van der Waals surface area contributed by atoms with Crippen LogP contribution in [-0.4, -0.2) is 16.9 Å². The number of hydrogen-bond donors (Lipinski definition) is 1. The molecule has 92 valence electrons. The minimum absolute atomic E-state index is 0.101. The fourth-order valence-corrected chi connectivity index (χ4v) is 3.14. The van der Waals surface area contributed by atoms with E-state index in [1.165, 1.54) is 4.88 Å². The molecule has 0 spiro atoms. The van der Waals surface area contributed by atoms with Gasteiger partial charge in [0.05, 0.1) is 18.8 Å². The normalized spacial score (nSPS) is 12.7. The van der Waals surface area contributed by atoms with Crippen molar-refractivity contribution in [1.29, 1.82) is 0 Å². The first kappa shape index (κ1) is 12.6. The number of nitrogens with two attached hydrogens (primary N) is 1. The molecule has 1 atom stereocenters. The van der Waals surface area contributed by atoms with Crippen molar-refractivity contribution in [3.05, 3.63) is 32.6 Å². The van der Waals surface area contributed by atoms with E-state index in [4.69, 9.17) is 10.5 Å². The second-order valence-electron chi connectivity index (χ2n) is 3.78. The number of aromatic nitrogens is 2. The summed E-state index contributed by atoms with van der Waals surface area (Å²) in [7, 11) is 3.47. The summed E-state index contributed by atoms with van der Waals surface area (Å²) in [5, 5.41) is 6.40. The second-order valence-corrected chi connectivity index (χ2v) is 5.69. The molecule has 0 bridgehead atoms. The summed E-state index contributed by atoms with van der Waals surface area (Å²) in [6.45, 7) is 0. The molecule has 2 N–H and O–H groups in total. The monoisotopic (exact) mass is 315 g/mol. The Morgan fingerprint density at radius 3 is 2.88 bits per heavy atom. The van der Waals surface area contributed by atoms with Crippen molar-refractivity contribution in [1.82, 2.24) is 9.78 Å². The quantitative estimate of drug-likeness (QED) is 0.943. The number of rotatable bonds is 4. The first-order chi connectivity index (χ1) is 8.10. The van der Waals surface area contributed by atoms with Crippen LogP contribution in [0.3, 0.4) is 0 Å². The molecule has 0 aliphatic carbocycles. The molecule has 2 rings (SSSR count). The lowest BCUT2D eigenvalue weighted by atomic mass is 10.1. The van der Waals surface area contributed by atoms with Crippen molar-refractivity contribution in [2.45, 2.75) is 12.5 Å². The molecular formula is C11H14BrN3OS. The molecule has 0 saturated carbocycles. The highest BCUT2D eigenvalue weighted by Crippen LogP contribution is 2.25. The molecule has 17 heavy (non-hydrogen) atoms. The van der Waals surface area contributed by atoms with E-state index in [2.05, 4.69) is 32.5 Å². The summed E-state index contributed by atoms with van der Waals surface area (Å²) < 4.78 is 7.96. The SMILES string of the molecule is COc1cc(C(N)Cc2cc(Br)cs2)nn1C. The van der Waals surface area contributed by atoms with Crippen LogP contribution in [0, 0.1) is 0 Å². The van der Waals surface area contributed by atoms with Gasteiger partial charge in [0.15, 0.2) is 0 Å². The van der Waals surface area contributed by atoms with E-state index < -0.39 is 0 Å². The van der Waals surface area contributed by atoms with E-state index >= 15 is 0 Å². The summed E-state index contributed by atoms with van der Waals surface area (Å²) in [5.74, 6) is 0.725. The zero-order chi connectivity index (χ0) is 12.4. The lowest BCUT2D eigenvalue weighted by Crippen LogP contribution is -2.13. The Hall–Kier alpha value is -0.850. The largest absolute Gasteiger partial charge is 0.481 e. The number of ether oxygens (including phenoxy) is 1. The van der Waals surface area contributed by atoms with Crippen molar-refractivity contribution in [3.63, 3.8) is 0 Å². The average molecular weight is 316 g/mol. The third-order valence-electron chi connectivity index (χ3n) is 2.49. The van der Waals surface area contributed by atoms with Crippen LogP contribution in [0.15, 0.2) is 22.0 Å². The molecule has 0 radical (unpaired) electrons. The van der Waals surface area contributed by atoms with Gasteiger partial charge in [0.25, 0.3) is 0 Å². The van der Waals surface area contributed by atoms with Crippen LogP contribution >= 0.6 is 27.3 Å². The lowest BCUT2D eigenvalue weighted by molar-refractivity contribution is 0.373. The van der Waals surface area contributed by atoms with Gasteiger partial charge >= 0.3 is 0 Å². The van der Waals surface area contributed by atoms with Gasteiger partial charge in [0.1, 0.15) is 0 Å². The Morgan fingerprint density at radius 2 is 2.35 bits per heavy atom. The number of aryl methyl sites for hydroxylation is 1. The van der Waals surface area contributed by atoms with Gasteiger partial charge in [-0.15, -0.1) is 11.3 Å². The van der Waals surface area contributed by atoms with E-state index in [-0.39, 0.29) is 6.04 Å². The predicted octanol–water partition coefficient (Wildman–Crippen LogP) is 2.50. The zero-order valence-corrected chi connectivity index (χ0v) is 12.1. The molecule has 4 nitrogen and oxygen atoms in total. The minimum Gasteiger partial charge on any atom is -0.481 e. The third kappa shape index (κ3) is 2.88. The first-order valence-corrected chi connectivity index (χ1v) is 6.84. The van der Waals surface area contributed by atoms with Gasteiger partial charge in [0, 0.05) is 34.3 Å². The maximum atomic E-state index is 6.13. The fraction of sp³-hybridized carbons (Fsp3) is 0.364. The zero-order valence-electron chi connectivity index (χ0n) is 9.68. The van der Waals surface area contributed by atoms with E-state index in [0.717, 1.165) is 22.5 Å². The van der Waals surface area contributed by atoms with Crippen molar-refractivity contribution >= 4 is 27.3 Å². The Balaban J connectivity index is 2.11. The van der Waals surface area contributed by atoms with E-state index in [1.54, 1.807) is 23.1 Å². The van der Waals surface area contributed by atoms with Crippen molar-refractivity contribution in [2.24, 2.45) is 12.8 Å². The molecule has 6 heteroatoms. The molecule has 0 saturated heterocycles. The van der Waals surface area contributed by atoms with Gasteiger partial charge in [0.2, 0.25) is 5.88 Å². The Kier molecular flexibility index (Phi) is 3.86. The van der Waals surface area contributed by atoms with Gasteiger partial charge in [-0.3, -0.25) is 0 Å². The van der Waals surface area contributed by atoms with Crippen LogP contribution in [0.1, 0.15) is 16.6 Å². The molecule has 0 aromatic carbocycles. The maximum Gasteiger partial charge on any atom is 0.211 e. The van der Waals surface area contributed by atoms with Crippen LogP contribution in [0.2, 0.25) is 0 Å². The van der Waals surface area contributed by atoms with Crippen LogP contribution in [-0.2, 0) is 13.5 Å². The smallest absolute Gasteiger partial charge is 0.211 e. The molecular weight excluding hydrogens is 302 g/mol. The highest BCUT2D eigenvalue weighted by molar-refractivity contribution is 9.10. The predicted molar refractivity (Wildman–Crippen MR) is 72.4 cm³/mol. The number of methoxy groups -OCH3 is 1. The summed E-state index contributed by atoms with van der Waals surface area (Å²) >= 11 is 5.13. The minimum atomic E-state index is -0.101. The van der Waals surface area contributed by atoms with Gasteiger partial charge in [-0.2, -0.15) is 5.10 Å².